The molecule has 49 heavy (non-hydrogen) atoms. The fourth-order valence-corrected chi connectivity index (χ4v) is 7.45. The maximum absolute atomic E-state index is 6.16. The third-order valence-corrected chi connectivity index (χ3v) is 9.79. The van der Waals surface area contributed by atoms with Crippen LogP contribution in [0.3, 0.4) is 0 Å². The van der Waals surface area contributed by atoms with Gasteiger partial charge in [-0.2, -0.15) is 0 Å². The molecule has 8 aromatic carbocycles. The fraction of sp³-hybridized carbons (Fsp3) is 0.0638. The first-order valence-corrected chi connectivity index (χ1v) is 16.9. The molecule has 0 fully saturated rings. The Balaban J connectivity index is 1.30. The summed E-state index contributed by atoms with van der Waals surface area (Å²) in [6.07, 6.45) is 0. The molecule has 0 aliphatic rings. The molecule has 0 saturated heterocycles. The SMILES string of the molecule is Cc1ccc(N(c2ccc(C)cc2)c2c3ccccc3c(-c3cc(C)cc(-c4ccc5oc6ccccc6c5c4)c3)c3ccccc23)cc1. The van der Waals surface area contributed by atoms with Crippen molar-refractivity contribution in [3.63, 3.8) is 0 Å². The van der Waals surface area contributed by atoms with Gasteiger partial charge in [-0.05, 0) is 108 Å². The number of hydrogen-bond acceptors (Lipinski definition) is 2. The van der Waals surface area contributed by atoms with Crippen LogP contribution in [0.2, 0.25) is 0 Å². The smallest absolute Gasteiger partial charge is 0.135 e. The van der Waals surface area contributed by atoms with Crippen LogP contribution in [0.25, 0.3) is 65.7 Å². The molecule has 2 nitrogen and oxygen atoms in total. The second kappa shape index (κ2) is 11.5. The number of fused-ring (bicyclic) bond motifs is 5. The molecule has 0 amide bonds. The summed E-state index contributed by atoms with van der Waals surface area (Å²) >= 11 is 0. The average Bonchev–Trinajstić information content (AvgIpc) is 3.51. The highest BCUT2D eigenvalue weighted by Gasteiger charge is 2.22. The standard InChI is InChI=1S/C47H35NO/c1-30-16-21-36(22-17-30)48(37-23-18-31(2)19-24-37)47-41-13-6-4-11-39(41)46(40-12-5-7-14-42(40)47)35-27-32(3)26-34(28-35)33-20-25-45-43(29-33)38-10-8-9-15-44(38)49-45/h4-29H,1-3H3. The average molecular weight is 630 g/mol. The van der Waals surface area contributed by atoms with Gasteiger partial charge in [0.15, 0.2) is 0 Å². The van der Waals surface area contributed by atoms with Gasteiger partial charge in [0, 0.05) is 32.9 Å². The van der Waals surface area contributed by atoms with Gasteiger partial charge in [0.2, 0.25) is 0 Å². The monoisotopic (exact) mass is 629 g/mol. The van der Waals surface area contributed by atoms with Gasteiger partial charge >= 0.3 is 0 Å². The molecule has 0 saturated carbocycles. The Morgan fingerprint density at radius 1 is 0.367 bits per heavy atom. The van der Waals surface area contributed by atoms with Crippen LogP contribution in [-0.4, -0.2) is 0 Å². The van der Waals surface area contributed by atoms with E-state index in [2.05, 4.69) is 171 Å². The maximum Gasteiger partial charge on any atom is 0.135 e. The summed E-state index contributed by atoms with van der Waals surface area (Å²) in [5.74, 6) is 0. The normalized spacial score (nSPS) is 11.6. The molecule has 2 heteroatoms. The van der Waals surface area contributed by atoms with Crippen molar-refractivity contribution in [3.05, 3.63) is 174 Å². The van der Waals surface area contributed by atoms with E-state index in [1.807, 2.05) is 12.1 Å². The zero-order valence-corrected chi connectivity index (χ0v) is 27.9. The van der Waals surface area contributed by atoms with Gasteiger partial charge in [-0.3, -0.25) is 0 Å². The van der Waals surface area contributed by atoms with Crippen LogP contribution < -0.4 is 4.90 Å². The van der Waals surface area contributed by atoms with Crippen molar-refractivity contribution in [2.24, 2.45) is 0 Å². The van der Waals surface area contributed by atoms with E-state index in [1.165, 1.54) is 66.2 Å². The minimum atomic E-state index is 0.914. The third-order valence-electron chi connectivity index (χ3n) is 9.79. The van der Waals surface area contributed by atoms with E-state index < -0.39 is 0 Å². The summed E-state index contributed by atoms with van der Waals surface area (Å²) in [5.41, 5.74) is 13.8. The summed E-state index contributed by atoms with van der Waals surface area (Å²) in [6, 6.07) is 57.4. The van der Waals surface area contributed by atoms with Crippen LogP contribution >= 0.6 is 0 Å². The maximum atomic E-state index is 6.16. The summed E-state index contributed by atoms with van der Waals surface area (Å²) in [5, 5.41) is 7.18. The Morgan fingerprint density at radius 2 is 0.878 bits per heavy atom. The van der Waals surface area contributed by atoms with E-state index in [9.17, 15) is 0 Å². The second-order valence-corrected chi connectivity index (χ2v) is 13.2. The van der Waals surface area contributed by atoms with Gasteiger partial charge in [-0.15, -0.1) is 0 Å². The molecule has 0 atom stereocenters. The molecule has 1 aromatic heterocycles. The van der Waals surface area contributed by atoms with Crippen LogP contribution in [0, 0.1) is 20.8 Å². The molecule has 9 rings (SSSR count). The third kappa shape index (κ3) is 4.96. The second-order valence-electron chi connectivity index (χ2n) is 13.2. The van der Waals surface area contributed by atoms with Gasteiger partial charge in [0.1, 0.15) is 11.2 Å². The summed E-state index contributed by atoms with van der Waals surface area (Å²) in [4.78, 5) is 2.43. The zero-order valence-electron chi connectivity index (χ0n) is 27.9. The predicted molar refractivity (Wildman–Crippen MR) is 208 cm³/mol. The van der Waals surface area contributed by atoms with Gasteiger partial charge in [-0.25, -0.2) is 0 Å². The Labute approximate surface area is 286 Å². The number of benzene rings is 8. The van der Waals surface area contributed by atoms with Crippen molar-refractivity contribution in [2.45, 2.75) is 20.8 Å². The lowest BCUT2D eigenvalue weighted by Gasteiger charge is -2.30. The molecule has 0 aliphatic heterocycles. The highest BCUT2D eigenvalue weighted by atomic mass is 16.3. The molecule has 1 heterocycles. The molecule has 0 spiro atoms. The Morgan fingerprint density at radius 3 is 1.49 bits per heavy atom. The predicted octanol–water partition coefficient (Wildman–Crippen LogP) is 13.6. The molecule has 9 aromatic rings. The molecule has 0 unspecified atom stereocenters. The number of furan rings is 1. The number of rotatable bonds is 5. The number of aryl methyl sites for hydroxylation is 3. The van der Waals surface area contributed by atoms with Gasteiger partial charge < -0.3 is 9.32 Å². The van der Waals surface area contributed by atoms with Crippen LogP contribution in [0.15, 0.2) is 162 Å². The van der Waals surface area contributed by atoms with E-state index >= 15 is 0 Å². The molecule has 0 N–H and O–H groups in total. The van der Waals surface area contributed by atoms with Gasteiger partial charge in [0.05, 0.1) is 5.69 Å². The minimum Gasteiger partial charge on any atom is -0.456 e. The number of para-hydroxylation sites is 1. The van der Waals surface area contributed by atoms with Crippen LogP contribution in [-0.2, 0) is 0 Å². The number of hydrogen-bond donors (Lipinski definition) is 0. The van der Waals surface area contributed by atoms with Crippen molar-refractivity contribution in [1.82, 2.24) is 0 Å². The van der Waals surface area contributed by atoms with Crippen molar-refractivity contribution in [3.8, 4) is 22.3 Å². The molecule has 234 valence electrons. The lowest BCUT2D eigenvalue weighted by molar-refractivity contribution is 0.669. The summed E-state index contributed by atoms with van der Waals surface area (Å²) < 4.78 is 6.16. The molecular weight excluding hydrogens is 595 g/mol. The van der Waals surface area contributed by atoms with E-state index in [0.717, 1.165) is 33.3 Å². The lowest BCUT2D eigenvalue weighted by Crippen LogP contribution is -2.11. The summed E-state index contributed by atoms with van der Waals surface area (Å²) in [6.45, 7) is 6.49. The minimum absolute atomic E-state index is 0.914. The number of anilines is 3. The van der Waals surface area contributed by atoms with Gasteiger partial charge in [0.25, 0.3) is 0 Å². The quantitative estimate of drug-likeness (QED) is 0.176. The van der Waals surface area contributed by atoms with Crippen LogP contribution in [0.1, 0.15) is 16.7 Å². The van der Waals surface area contributed by atoms with Crippen molar-refractivity contribution >= 4 is 60.5 Å². The molecule has 0 bridgehead atoms. The molecule has 0 aliphatic carbocycles. The Hall–Kier alpha value is -6.12. The highest BCUT2D eigenvalue weighted by Crippen LogP contribution is 2.48. The fourth-order valence-electron chi connectivity index (χ4n) is 7.45. The zero-order chi connectivity index (χ0) is 33.1. The van der Waals surface area contributed by atoms with E-state index in [-0.39, 0.29) is 0 Å². The topological polar surface area (TPSA) is 16.4 Å². The van der Waals surface area contributed by atoms with Crippen molar-refractivity contribution in [2.75, 3.05) is 4.90 Å². The molecular formula is C47H35NO. The first-order valence-electron chi connectivity index (χ1n) is 16.9. The number of nitrogens with zero attached hydrogens (tertiary/aromatic N) is 1. The van der Waals surface area contributed by atoms with Crippen molar-refractivity contribution in [1.29, 1.82) is 0 Å². The first kappa shape index (κ1) is 29.1. The Kier molecular flexibility index (Phi) is 6.84. The van der Waals surface area contributed by atoms with Crippen molar-refractivity contribution < 1.29 is 4.42 Å². The van der Waals surface area contributed by atoms with Crippen LogP contribution in [0.5, 0.6) is 0 Å². The summed E-state index contributed by atoms with van der Waals surface area (Å²) in [7, 11) is 0. The van der Waals surface area contributed by atoms with E-state index in [4.69, 9.17) is 4.42 Å². The highest BCUT2D eigenvalue weighted by molar-refractivity contribution is 6.22. The lowest BCUT2D eigenvalue weighted by atomic mass is 9.88. The van der Waals surface area contributed by atoms with Gasteiger partial charge in [-0.1, -0.05) is 120 Å². The first-order chi connectivity index (χ1) is 24.0. The van der Waals surface area contributed by atoms with E-state index in [1.54, 1.807) is 0 Å². The Bertz CT molecular complexity index is 2580. The molecule has 0 radical (unpaired) electrons. The van der Waals surface area contributed by atoms with Crippen LogP contribution in [0.4, 0.5) is 17.1 Å². The largest absolute Gasteiger partial charge is 0.456 e. The van der Waals surface area contributed by atoms with E-state index in [0.29, 0.717) is 0 Å².